The van der Waals surface area contributed by atoms with Crippen LogP contribution in [0.25, 0.3) is 0 Å². The molecule has 0 amide bonds. The van der Waals surface area contributed by atoms with Gasteiger partial charge in [0, 0.05) is 24.2 Å². The first-order valence-corrected chi connectivity index (χ1v) is 2.72. The lowest BCUT2D eigenvalue weighted by atomic mass is 10.3. The van der Waals surface area contributed by atoms with Crippen LogP contribution in [0.2, 0.25) is 0 Å². The Kier molecular flexibility index (Phi) is 0.840. The third-order valence-corrected chi connectivity index (χ3v) is 2.04. The van der Waals surface area contributed by atoms with E-state index in [9.17, 15) is 10.1 Å². The summed E-state index contributed by atoms with van der Waals surface area (Å²) in [4.78, 5) is 9.92. The molecule has 0 aromatic heterocycles. The van der Waals surface area contributed by atoms with Gasteiger partial charge in [-0.1, -0.05) is 6.92 Å². The Balaban J connectivity index is 2.60. The molecule has 0 aliphatic heterocycles. The Bertz CT molecular complexity index is 134. The van der Waals surface area contributed by atoms with Crippen LogP contribution < -0.4 is 0 Å². The van der Waals surface area contributed by atoms with Crippen LogP contribution in [0.4, 0.5) is 0 Å². The summed E-state index contributed by atoms with van der Waals surface area (Å²) in [5, 5.41) is 10.1. The van der Waals surface area contributed by atoms with Gasteiger partial charge in [0.2, 0.25) is 5.54 Å². The third kappa shape index (κ3) is 0.504. The van der Waals surface area contributed by atoms with Crippen LogP contribution in [0.1, 0.15) is 20.3 Å². The van der Waals surface area contributed by atoms with E-state index in [-0.39, 0.29) is 10.8 Å². The van der Waals surface area contributed by atoms with Gasteiger partial charge in [0.1, 0.15) is 0 Å². The summed E-state index contributed by atoms with van der Waals surface area (Å²) in [7, 11) is 0. The Morgan fingerprint density at radius 1 is 1.88 bits per heavy atom. The van der Waals surface area contributed by atoms with E-state index in [0.717, 1.165) is 6.42 Å². The zero-order valence-electron chi connectivity index (χ0n) is 5.05. The van der Waals surface area contributed by atoms with Crippen LogP contribution in [-0.4, -0.2) is 10.5 Å². The van der Waals surface area contributed by atoms with E-state index in [2.05, 4.69) is 0 Å². The molecule has 0 radical (unpaired) electrons. The number of hydrogen-bond acceptors (Lipinski definition) is 2. The highest BCUT2D eigenvalue weighted by Crippen LogP contribution is 2.44. The highest BCUT2D eigenvalue weighted by molar-refractivity contribution is 4.96. The quantitative estimate of drug-likeness (QED) is 0.379. The Morgan fingerprint density at radius 2 is 2.25 bits per heavy atom. The van der Waals surface area contributed by atoms with Crippen molar-refractivity contribution in [3.63, 3.8) is 0 Å². The molecule has 1 rings (SSSR count). The van der Waals surface area contributed by atoms with E-state index in [4.69, 9.17) is 0 Å². The molecule has 8 heavy (non-hydrogen) atoms. The van der Waals surface area contributed by atoms with Crippen molar-refractivity contribution in [1.82, 2.24) is 0 Å². The van der Waals surface area contributed by atoms with Gasteiger partial charge >= 0.3 is 0 Å². The van der Waals surface area contributed by atoms with Gasteiger partial charge in [-0.2, -0.15) is 0 Å². The molecule has 0 spiro atoms. The molecular formula is C5H9NO2. The normalized spacial score (nSPS) is 44.0. The highest BCUT2D eigenvalue weighted by Gasteiger charge is 2.59. The number of hydrogen-bond donors (Lipinski definition) is 0. The summed E-state index contributed by atoms with van der Waals surface area (Å²) in [6, 6.07) is 0. The van der Waals surface area contributed by atoms with Crippen molar-refractivity contribution in [2.75, 3.05) is 0 Å². The van der Waals surface area contributed by atoms with Gasteiger partial charge in [-0.15, -0.1) is 0 Å². The predicted octanol–water partition coefficient (Wildman–Crippen LogP) is 1.06. The molecule has 3 nitrogen and oxygen atoms in total. The Hall–Kier alpha value is -0.600. The zero-order chi connectivity index (χ0) is 6.36. The van der Waals surface area contributed by atoms with Crippen molar-refractivity contribution in [1.29, 1.82) is 0 Å². The Labute approximate surface area is 47.8 Å². The number of nitro groups is 1. The average molecular weight is 115 g/mol. The van der Waals surface area contributed by atoms with Gasteiger partial charge in [0.05, 0.1) is 0 Å². The van der Waals surface area contributed by atoms with Crippen LogP contribution in [0.5, 0.6) is 0 Å². The summed E-state index contributed by atoms with van der Waals surface area (Å²) in [5.74, 6) is 0.289. The predicted molar refractivity (Wildman–Crippen MR) is 29.2 cm³/mol. The molecule has 1 aliphatic rings. The van der Waals surface area contributed by atoms with Crippen molar-refractivity contribution in [3.8, 4) is 0 Å². The lowest BCUT2D eigenvalue weighted by Gasteiger charge is -1.96. The van der Waals surface area contributed by atoms with Crippen molar-refractivity contribution in [3.05, 3.63) is 10.1 Å². The molecule has 0 saturated heterocycles. The molecule has 1 aliphatic carbocycles. The molecule has 0 unspecified atom stereocenters. The molecule has 1 saturated carbocycles. The Morgan fingerprint density at radius 3 is 2.25 bits per heavy atom. The fraction of sp³-hybridized carbons (Fsp3) is 1.00. The molecule has 3 heteroatoms. The smallest absolute Gasteiger partial charge is 0.222 e. The summed E-state index contributed by atoms with van der Waals surface area (Å²) >= 11 is 0. The summed E-state index contributed by atoms with van der Waals surface area (Å²) in [6.45, 7) is 3.60. The van der Waals surface area contributed by atoms with Gasteiger partial charge in [0.25, 0.3) is 0 Å². The zero-order valence-corrected chi connectivity index (χ0v) is 5.05. The van der Waals surface area contributed by atoms with Gasteiger partial charge in [-0.05, 0) is 0 Å². The maximum Gasteiger partial charge on any atom is 0.222 e. The fourth-order valence-electron chi connectivity index (χ4n) is 0.815. The molecule has 0 heterocycles. The molecule has 0 bridgehead atoms. The molecule has 0 N–H and O–H groups in total. The summed E-state index contributed by atoms with van der Waals surface area (Å²) in [6.07, 6.45) is 0.750. The van der Waals surface area contributed by atoms with E-state index in [1.807, 2.05) is 6.92 Å². The van der Waals surface area contributed by atoms with E-state index in [1.54, 1.807) is 6.92 Å². The molecule has 46 valence electrons. The largest absolute Gasteiger partial charge is 0.264 e. The minimum absolute atomic E-state index is 0.183. The monoisotopic (exact) mass is 115 g/mol. The van der Waals surface area contributed by atoms with Crippen molar-refractivity contribution in [2.24, 2.45) is 5.92 Å². The van der Waals surface area contributed by atoms with Crippen LogP contribution >= 0.6 is 0 Å². The van der Waals surface area contributed by atoms with Crippen molar-refractivity contribution >= 4 is 0 Å². The van der Waals surface area contributed by atoms with Crippen LogP contribution in [-0.2, 0) is 0 Å². The summed E-state index contributed by atoms with van der Waals surface area (Å²) in [5.41, 5.74) is -0.569. The first-order valence-electron chi connectivity index (χ1n) is 2.72. The van der Waals surface area contributed by atoms with Gasteiger partial charge < -0.3 is 0 Å². The molecule has 2 atom stereocenters. The van der Waals surface area contributed by atoms with Crippen LogP contribution in [0.15, 0.2) is 0 Å². The molecule has 0 aromatic rings. The van der Waals surface area contributed by atoms with E-state index >= 15 is 0 Å². The SMILES string of the molecule is C[C@H]1C[C@]1(C)[N+](=O)[O-]. The second-order valence-corrected chi connectivity index (χ2v) is 2.72. The molecule has 0 aromatic carbocycles. The topological polar surface area (TPSA) is 43.1 Å². The molecule has 1 fully saturated rings. The van der Waals surface area contributed by atoms with E-state index < -0.39 is 5.54 Å². The van der Waals surface area contributed by atoms with E-state index in [0.29, 0.717) is 0 Å². The highest BCUT2D eigenvalue weighted by atomic mass is 16.6. The first-order chi connectivity index (χ1) is 3.57. The van der Waals surface area contributed by atoms with E-state index in [1.165, 1.54) is 0 Å². The minimum atomic E-state index is -0.569. The lowest BCUT2D eigenvalue weighted by molar-refractivity contribution is -0.537. The maximum absolute atomic E-state index is 10.1. The molecular weight excluding hydrogens is 106 g/mol. The average Bonchev–Trinajstić information content (AvgIpc) is 2.17. The maximum atomic E-state index is 10.1. The summed E-state index contributed by atoms with van der Waals surface area (Å²) < 4.78 is 0. The van der Waals surface area contributed by atoms with Crippen molar-refractivity contribution < 1.29 is 4.92 Å². The fourth-order valence-corrected chi connectivity index (χ4v) is 0.815. The van der Waals surface area contributed by atoms with Gasteiger partial charge in [-0.3, -0.25) is 10.1 Å². The number of nitrogens with zero attached hydrogens (tertiary/aromatic N) is 1. The second kappa shape index (κ2) is 1.21. The van der Waals surface area contributed by atoms with Gasteiger partial charge in [0.15, 0.2) is 0 Å². The van der Waals surface area contributed by atoms with Crippen LogP contribution in [0.3, 0.4) is 0 Å². The third-order valence-electron chi connectivity index (χ3n) is 2.04. The standard InChI is InChI=1S/C5H9NO2/c1-4-3-5(4,2)6(7)8/h4H,3H2,1-2H3/t4-,5-/m0/s1. The van der Waals surface area contributed by atoms with Crippen LogP contribution in [0, 0.1) is 16.0 Å². The second-order valence-electron chi connectivity index (χ2n) is 2.72. The minimum Gasteiger partial charge on any atom is -0.264 e. The number of rotatable bonds is 1. The first kappa shape index (κ1) is 5.54. The lowest BCUT2D eigenvalue weighted by Crippen LogP contribution is -2.18. The van der Waals surface area contributed by atoms with Gasteiger partial charge in [-0.25, -0.2) is 0 Å². The van der Waals surface area contributed by atoms with Crippen molar-refractivity contribution in [2.45, 2.75) is 25.8 Å².